The lowest BCUT2D eigenvalue weighted by atomic mass is 10.3. The Kier molecular flexibility index (Phi) is 7.30. The summed E-state index contributed by atoms with van der Waals surface area (Å²) < 4.78 is 2.10. The van der Waals surface area contributed by atoms with Crippen LogP contribution in [0.1, 0.15) is 39.1 Å². The monoisotopic (exact) mass is 303 g/mol. The Morgan fingerprint density at radius 3 is 2.74 bits per heavy atom. The third-order valence-electron chi connectivity index (χ3n) is 2.54. The molecule has 7 heteroatoms. The highest BCUT2D eigenvalue weighted by atomic mass is 32.2. The van der Waals surface area contributed by atoms with E-state index in [1.165, 1.54) is 11.8 Å². The maximum Gasteiger partial charge on any atom is 0.313 e. The van der Waals surface area contributed by atoms with E-state index in [4.69, 9.17) is 5.11 Å². The number of hydrogen-bond donors (Lipinski definition) is 1. The smallest absolute Gasteiger partial charge is 0.313 e. The lowest BCUT2D eigenvalue weighted by molar-refractivity contribution is -0.133. The van der Waals surface area contributed by atoms with Crippen LogP contribution in [-0.4, -0.2) is 43.1 Å². The fraction of sp³-hybridized carbons (Fsp3) is 0.750. The van der Waals surface area contributed by atoms with E-state index in [1.807, 2.05) is 11.8 Å². The zero-order chi connectivity index (χ0) is 14.3. The third-order valence-corrected chi connectivity index (χ3v) is 4.59. The number of hydrogen-bond acceptors (Lipinski definition) is 5. The predicted octanol–water partition coefficient (Wildman–Crippen LogP) is 2.72. The molecule has 1 unspecified atom stereocenters. The molecule has 0 saturated carbocycles. The molecular formula is C12H21N3O2S2. The van der Waals surface area contributed by atoms with Gasteiger partial charge in [-0.3, -0.25) is 4.79 Å². The van der Waals surface area contributed by atoms with E-state index in [2.05, 4.69) is 35.5 Å². The molecule has 1 heterocycles. The summed E-state index contributed by atoms with van der Waals surface area (Å²) in [6, 6.07) is 0.290. The Morgan fingerprint density at radius 1 is 1.42 bits per heavy atom. The molecule has 0 spiro atoms. The number of aryl methyl sites for hydroxylation is 1. The molecule has 0 bridgehead atoms. The van der Waals surface area contributed by atoms with E-state index in [0.29, 0.717) is 0 Å². The second-order valence-electron chi connectivity index (χ2n) is 4.21. The molecule has 0 aliphatic heterocycles. The van der Waals surface area contributed by atoms with Crippen LogP contribution in [0.3, 0.4) is 0 Å². The topological polar surface area (TPSA) is 68.0 Å². The van der Waals surface area contributed by atoms with Crippen LogP contribution in [0.25, 0.3) is 0 Å². The molecule has 1 atom stereocenters. The number of carboxylic acids is 1. The number of rotatable bonds is 9. The lowest BCUT2D eigenvalue weighted by Crippen LogP contribution is -2.14. The first-order valence-electron chi connectivity index (χ1n) is 6.46. The second-order valence-corrected chi connectivity index (χ2v) is 6.47. The summed E-state index contributed by atoms with van der Waals surface area (Å²) >= 11 is 3.12. The van der Waals surface area contributed by atoms with Crippen molar-refractivity contribution in [3.05, 3.63) is 5.82 Å². The van der Waals surface area contributed by atoms with Crippen molar-refractivity contribution in [2.75, 3.05) is 17.3 Å². The predicted molar refractivity (Wildman–Crippen MR) is 80.1 cm³/mol. The number of aliphatic carboxylic acids is 1. The fourth-order valence-corrected chi connectivity index (χ4v) is 3.23. The van der Waals surface area contributed by atoms with Gasteiger partial charge >= 0.3 is 5.97 Å². The van der Waals surface area contributed by atoms with Crippen LogP contribution in [0.15, 0.2) is 5.16 Å². The van der Waals surface area contributed by atoms with Gasteiger partial charge in [-0.05, 0) is 19.1 Å². The van der Waals surface area contributed by atoms with E-state index >= 15 is 0 Å². The Balaban J connectivity index is 2.86. The maximum absolute atomic E-state index is 10.7. The summed E-state index contributed by atoms with van der Waals surface area (Å²) in [4.78, 5) is 10.7. The van der Waals surface area contributed by atoms with Gasteiger partial charge < -0.3 is 9.67 Å². The molecule has 1 N–H and O–H groups in total. The van der Waals surface area contributed by atoms with Gasteiger partial charge in [0.15, 0.2) is 5.16 Å². The lowest BCUT2D eigenvalue weighted by Gasteiger charge is -2.17. The molecule has 19 heavy (non-hydrogen) atoms. The average Bonchev–Trinajstić information content (AvgIpc) is 2.77. The van der Waals surface area contributed by atoms with Crippen molar-refractivity contribution in [1.82, 2.24) is 14.8 Å². The zero-order valence-corrected chi connectivity index (χ0v) is 13.3. The van der Waals surface area contributed by atoms with Crippen molar-refractivity contribution in [3.8, 4) is 0 Å². The molecule has 1 aromatic rings. The van der Waals surface area contributed by atoms with E-state index in [-0.39, 0.29) is 11.8 Å². The molecule has 0 aliphatic rings. The van der Waals surface area contributed by atoms with Crippen molar-refractivity contribution in [2.45, 2.75) is 44.8 Å². The van der Waals surface area contributed by atoms with E-state index in [1.54, 1.807) is 0 Å². The molecule has 108 valence electrons. The highest BCUT2D eigenvalue weighted by molar-refractivity contribution is 7.99. The van der Waals surface area contributed by atoms with Crippen LogP contribution in [0, 0.1) is 0 Å². The van der Waals surface area contributed by atoms with Crippen molar-refractivity contribution >= 4 is 29.5 Å². The highest BCUT2D eigenvalue weighted by Gasteiger charge is 2.18. The standard InChI is InChI=1S/C12H21N3O2S2/c1-4-6-10-13-14-12(19-8-11(16)17)15(10)9(3)7-18-5-2/h9H,4-8H2,1-3H3,(H,16,17). The van der Waals surface area contributed by atoms with Crippen molar-refractivity contribution in [1.29, 1.82) is 0 Å². The fourth-order valence-electron chi connectivity index (χ4n) is 1.73. The van der Waals surface area contributed by atoms with Crippen LogP contribution in [0.4, 0.5) is 0 Å². The van der Waals surface area contributed by atoms with Gasteiger partial charge in [0, 0.05) is 18.2 Å². The number of aromatic nitrogens is 3. The molecule has 5 nitrogen and oxygen atoms in total. The zero-order valence-electron chi connectivity index (χ0n) is 11.6. The van der Waals surface area contributed by atoms with Gasteiger partial charge in [-0.25, -0.2) is 0 Å². The number of carboxylic acid groups (broad SMARTS) is 1. The Bertz CT molecular complexity index is 410. The first kappa shape index (κ1) is 16.4. The first-order chi connectivity index (χ1) is 9.10. The summed E-state index contributed by atoms with van der Waals surface area (Å²) in [7, 11) is 0. The Labute approximate surface area is 122 Å². The van der Waals surface area contributed by atoms with Gasteiger partial charge in [0.1, 0.15) is 5.82 Å². The molecule has 1 rings (SSSR count). The largest absolute Gasteiger partial charge is 0.481 e. The molecule has 0 amide bonds. The van der Waals surface area contributed by atoms with E-state index in [0.717, 1.165) is 35.3 Å². The summed E-state index contributed by atoms with van der Waals surface area (Å²) in [5.74, 6) is 2.23. The molecular weight excluding hydrogens is 282 g/mol. The van der Waals surface area contributed by atoms with Gasteiger partial charge in [-0.2, -0.15) is 11.8 Å². The van der Waals surface area contributed by atoms with E-state index < -0.39 is 5.97 Å². The van der Waals surface area contributed by atoms with Gasteiger partial charge in [0.05, 0.1) is 5.75 Å². The van der Waals surface area contributed by atoms with Crippen LogP contribution >= 0.6 is 23.5 Å². The van der Waals surface area contributed by atoms with Gasteiger partial charge in [0.25, 0.3) is 0 Å². The highest BCUT2D eigenvalue weighted by Crippen LogP contribution is 2.24. The SMILES string of the molecule is CCCc1nnc(SCC(=O)O)n1C(C)CSCC. The van der Waals surface area contributed by atoms with E-state index in [9.17, 15) is 4.79 Å². The summed E-state index contributed by atoms with van der Waals surface area (Å²) in [5.41, 5.74) is 0. The van der Waals surface area contributed by atoms with Crippen LogP contribution in [-0.2, 0) is 11.2 Å². The maximum atomic E-state index is 10.7. The molecule has 0 fully saturated rings. The minimum absolute atomic E-state index is 0.0257. The molecule has 1 aromatic heterocycles. The van der Waals surface area contributed by atoms with Crippen molar-refractivity contribution in [3.63, 3.8) is 0 Å². The molecule has 0 aliphatic carbocycles. The second kappa shape index (κ2) is 8.47. The van der Waals surface area contributed by atoms with Gasteiger partial charge in [0.2, 0.25) is 0 Å². The number of thioether (sulfide) groups is 2. The molecule has 0 aromatic carbocycles. The first-order valence-corrected chi connectivity index (χ1v) is 8.60. The van der Waals surface area contributed by atoms with Crippen molar-refractivity contribution in [2.24, 2.45) is 0 Å². The summed E-state index contributed by atoms with van der Waals surface area (Å²) in [6.07, 6.45) is 1.89. The number of carbonyl (C=O) groups is 1. The Morgan fingerprint density at radius 2 is 2.16 bits per heavy atom. The molecule has 0 radical (unpaired) electrons. The Hall–Kier alpha value is -0.690. The summed E-state index contributed by atoms with van der Waals surface area (Å²) in [5, 5.41) is 17.8. The van der Waals surface area contributed by atoms with Gasteiger partial charge in [-0.1, -0.05) is 25.6 Å². The van der Waals surface area contributed by atoms with Crippen LogP contribution in [0.5, 0.6) is 0 Å². The summed E-state index contributed by atoms with van der Waals surface area (Å²) in [6.45, 7) is 6.38. The van der Waals surface area contributed by atoms with Crippen molar-refractivity contribution < 1.29 is 9.90 Å². The third kappa shape index (κ3) is 5.06. The minimum Gasteiger partial charge on any atom is -0.481 e. The van der Waals surface area contributed by atoms with Gasteiger partial charge in [-0.15, -0.1) is 10.2 Å². The van der Waals surface area contributed by atoms with Crippen LogP contribution < -0.4 is 0 Å². The molecule has 0 saturated heterocycles. The van der Waals surface area contributed by atoms with Crippen LogP contribution in [0.2, 0.25) is 0 Å². The minimum atomic E-state index is -0.827. The number of nitrogens with zero attached hydrogens (tertiary/aromatic N) is 3. The quantitative estimate of drug-likeness (QED) is 0.707. The normalized spacial score (nSPS) is 12.6. The average molecular weight is 303 g/mol.